The standard InChI is InChI=1S/C27H27N3O4S/c1-18-11-12-19(2)23(15-18)34-16-25(31)28-29-27(33)21-8-4-6-10-24(21)35-17-26(32)30-14-13-20-7-3-5-9-22(20)30/h3-12,15H,13-14,16-17H2,1-2H3,(H,28,31)(H,29,33). The molecule has 4 rings (SSSR count). The van der Waals surface area contributed by atoms with Gasteiger partial charge in [-0.15, -0.1) is 11.8 Å². The number of carbonyl (C=O) groups is 3. The summed E-state index contributed by atoms with van der Waals surface area (Å²) < 4.78 is 5.57. The Kier molecular flexibility index (Phi) is 7.72. The summed E-state index contributed by atoms with van der Waals surface area (Å²) in [6.07, 6.45) is 0.846. The average molecular weight is 490 g/mol. The zero-order valence-electron chi connectivity index (χ0n) is 19.7. The maximum absolute atomic E-state index is 12.8. The maximum atomic E-state index is 12.8. The molecule has 0 unspecified atom stereocenters. The highest BCUT2D eigenvalue weighted by Crippen LogP contribution is 2.29. The summed E-state index contributed by atoms with van der Waals surface area (Å²) in [5.41, 5.74) is 9.27. The van der Waals surface area contributed by atoms with Crippen molar-refractivity contribution < 1.29 is 19.1 Å². The highest BCUT2D eigenvalue weighted by molar-refractivity contribution is 8.00. The molecule has 0 bridgehead atoms. The van der Waals surface area contributed by atoms with Gasteiger partial charge in [0.1, 0.15) is 5.75 Å². The van der Waals surface area contributed by atoms with Gasteiger partial charge in [-0.1, -0.05) is 42.5 Å². The first kappa shape index (κ1) is 24.3. The summed E-state index contributed by atoms with van der Waals surface area (Å²) in [6.45, 7) is 4.28. The predicted molar refractivity (Wildman–Crippen MR) is 137 cm³/mol. The number of para-hydroxylation sites is 1. The first-order valence-electron chi connectivity index (χ1n) is 11.3. The van der Waals surface area contributed by atoms with Crippen LogP contribution in [0.5, 0.6) is 5.75 Å². The van der Waals surface area contributed by atoms with Gasteiger partial charge in [-0.05, 0) is 61.2 Å². The van der Waals surface area contributed by atoms with E-state index in [1.54, 1.807) is 23.1 Å². The Morgan fingerprint density at radius 1 is 0.971 bits per heavy atom. The third kappa shape index (κ3) is 6.02. The molecule has 1 aliphatic rings. The Bertz CT molecular complexity index is 1260. The molecule has 0 fully saturated rings. The molecule has 0 aliphatic carbocycles. The van der Waals surface area contributed by atoms with Crippen LogP contribution in [0.1, 0.15) is 27.0 Å². The lowest BCUT2D eigenvalue weighted by Crippen LogP contribution is -2.44. The van der Waals surface area contributed by atoms with E-state index in [9.17, 15) is 14.4 Å². The Labute approximate surface area is 208 Å². The van der Waals surface area contributed by atoms with Crippen molar-refractivity contribution in [2.75, 3.05) is 23.8 Å². The monoisotopic (exact) mass is 489 g/mol. The van der Waals surface area contributed by atoms with Gasteiger partial charge in [-0.25, -0.2) is 0 Å². The van der Waals surface area contributed by atoms with Crippen molar-refractivity contribution in [3.63, 3.8) is 0 Å². The van der Waals surface area contributed by atoms with Crippen LogP contribution in [-0.2, 0) is 16.0 Å². The van der Waals surface area contributed by atoms with Gasteiger partial charge in [-0.3, -0.25) is 25.2 Å². The minimum atomic E-state index is -0.479. The van der Waals surface area contributed by atoms with Gasteiger partial charge in [0.15, 0.2) is 6.61 Å². The zero-order valence-corrected chi connectivity index (χ0v) is 20.5. The molecule has 0 saturated heterocycles. The lowest BCUT2D eigenvalue weighted by Gasteiger charge is -2.17. The van der Waals surface area contributed by atoms with Crippen LogP contribution in [0.25, 0.3) is 0 Å². The van der Waals surface area contributed by atoms with E-state index in [-0.39, 0.29) is 18.3 Å². The third-order valence-electron chi connectivity index (χ3n) is 5.69. The summed E-state index contributed by atoms with van der Waals surface area (Å²) >= 11 is 1.30. The molecule has 0 saturated carbocycles. The van der Waals surface area contributed by atoms with Crippen molar-refractivity contribution >= 4 is 35.2 Å². The summed E-state index contributed by atoms with van der Waals surface area (Å²) in [5.74, 6) is -0.126. The van der Waals surface area contributed by atoms with Crippen molar-refractivity contribution in [2.24, 2.45) is 0 Å². The molecule has 2 N–H and O–H groups in total. The molecular formula is C27H27N3O4S. The first-order chi connectivity index (χ1) is 16.9. The van der Waals surface area contributed by atoms with Crippen LogP contribution in [0.2, 0.25) is 0 Å². The Hall–Kier alpha value is -3.78. The largest absolute Gasteiger partial charge is 0.483 e. The Morgan fingerprint density at radius 3 is 2.60 bits per heavy atom. The number of hydrogen-bond donors (Lipinski definition) is 2. The summed E-state index contributed by atoms with van der Waals surface area (Å²) in [6, 6.07) is 20.6. The normalized spacial score (nSPS) is 12.1. The number of benzene rings is 3. The van der Waals surface area contributed by atoms with Crippen molar-refractivity contribution in [1.29, 1.82) is 0 Å². The topological polar surface area (TPSA) is 87.7 Å². The number of ether oxygens (including phenoxy) is 1. The van der Waals surface area contributed by atoms with Crippen LogP contribution < -0.4 is 20.5 Å². The highest BCUT2D eigenvalue weighted by atomic mass is 32.2. The fourth-order valence-electron chi connectivity index (χ4n) is 3.83. The summed E-state index contributed by atoms with van der Waals surface area (Å²) in [5, 5.41) is 0. The number of rotatable bonds is 7. The second kappa shape index (κ2) is 11.1. The number of anilines is 1. The van der Waals surface area contributed by atoms with Gasteiger partial charge in [-0.2, -0.15) is 0 Å². The summed E-state index contributed by atoms with van der Waals surface area (Å²) in [7, 11) is 0. The molecule has 3 aromatic rings. The van der Waals surface area contributed by atoms with Crippen LogP contribution in [0.3, 0.4) is 0 Å². The average Bonchev–Trinajstić information content (AvgIpc) is 3.31. The number of hydrogen-bond acceptors (Lipinski definition) is 5. The molecule has 0 atom stereocenters. The van der Waals surface area contributed by atoms with Crippen molar-refractivity contribution in [2.45, 2.75) is 25.2 Å². The van der Waals surface area contributed by atoms with E-state index in [2.05, 4.69) is 10.9 Å². The van der Waals surface area contributed by atoms with E-state index in [0.717, 1.165) is 23.2 Å². The number of hydrazine groups is 1. The van der Waals surface area contributed by atoms with E-state index >= 15 is 0 Å². The van der Waals surface area contributed by atoms with E-state index in [4.69, 9.17) is 4.74 Å². The SMILES string of the molecule is Cc1ccc(C)c(OCC(=O)NNC(=O)c2ccccc2SCC(=O)N2CCc3ccccc32)c1. The minimum absolute atomic E-state index is 0.00736. The van der Waals surface area contributed by atoms with Crippen LogP contribution in [0.15, 0.2) is 71.6 Å². The molecule has 35 heavy (non-hydrogen) atoms. The lowest BCUT2D eigenvalue weighted by molar-refractivity contribution is -0.123. The first-order valence-corrected chi connectivity index (χ1v) is 12.3. The van der Waals surface area contributed by atoms with E-state index < -0.39 is 11.8 Å². The van der Waals surface area contributed by atoms with Gasteiger partial charge in [0.25, 0.3) is 11.8 Å². The number of aryl methyl sites for hydroxylation is 2. The fourth-order valence-corrected chi connectivity index (χ4v) is 4.76. The maximum Gasteiger partial charge on any atom is 0.276 e. The van der Waals surface area contributed by atoms with E-state index in [0.29, 0.717) is 22.8 Å². The minimum Gasteiger partial charge on any atom is -0.483 e. The molecule has 7 nitrogen and oxygen atoms in total. The van der Waals surface area contributed by atoms with Gasteiger partial charge in [0.05, 0.1) is 11.3 Å². The molecule has 1 heterocycles. The molecule has 3 amide bonds. The van der Waals surface area contributed by atoms with Crippen molar-refractivity contribution in [1.82, 2.24) is 10.9 Å². The molecule has 0 aromatic heterocycles. The molecule has 1 aliphatic heterocycles. The number of fused-ring (bicyclic) bond motifs is 1. The van der Waals surface area contributed by atoms with Crippen LogP contribution in [-0.4, -0.2) is 36.6 Å². The highest BCUT2D eigenvalue weighted by Gasteiger charge is 2.24. The fraction of sp³-hybridized carbons (Fsp3) is 0.222. The quantitative estimate of drug-likeness (QED) is 0.389. The van der Waals surface area contributed by atoms with E-state index in [1.807, 2.05) is 62.4 Å². The van der Waals surface area contributed by atoms with Crippen molar-refractivity contribution in [3.8, 4) is 5.75 Å². The number of nitrogens with zero attached hydrogens (tertiary/aromatic N) is 1. The summed E-state index contributed by atoms with van der Waals surface area (Å²) in [4.78, 5) is 40.2. The van der Waals surface area contributed by atoms with Crippen LogP contribution in [0, 0.1) is 13.8 Å². The van der Waals surface area contributed by atoms with Gasteiger partial charge in [0.2, 0.25) is 5.91 Å². The van der Waals surface area contributed by atoms with Crippen molar-refractivity contribution in [3.05, 3.63) is 89.0 Å². The Balaban J connectivity index is 1.30. The number of nitrogens with one attached hydrogen (secondary N) is 2. The lowest BCUT2D eigenvalue weighted by atomic mass is 10.1. The second-order valence-electron chi connectivity index (χ2n) is 8.27. The number of amides is 3. The Morgan fingerprint density at radius 2 is 1.74 bits per heavy atom. The molecule has 3 aromatic carbocycles. The number of carbonyl (C=O) groups excluding carboxylic acids is 3. The molecular weight excluding hydrogens is 462 g/mol. The number of thioether (sulfide) groups is 1. The molecule has 0 radical (unpaired) electrons. The van der Waals surface area contributed by atoms with Gasteiger partial charge < -0.3 is 9.64 Å². The van der Waals surface area contributed by atoms with E-state index in [1.165, 1.54) is 17.3 Å². The molecule has 180 valence electrons. The van der Waals surface area contributed by atoms with Gasteiger partial charge >= 0.3 is 0 Å². The van der Waals surface area contributed by atoms with Gasteiger partial charge in [0, 0.05) is 17.1 Å². The second-order valence-corrected chi connectivity index (χ2v) is 9.29. The van der Waals surface area contributed by atoms with Crippen LogP contribution >= 0.6 is 11.8 Å². The zero-order chi connectivity index (χ0) is 24.8. The molecule has 0 spiro atoms. The smallest absolute Gasteiger partial charge is 0.276 e. The third-order valence-corrected chi connectivity index (χ3v) is 6.75. The van der Waals surface area contributed by atoms with Crippen LogP contribution in [0.4, 0.5) is 5.69 Å². The predicted octanol–water partition coefficient (Wildman–Crippen LogP) is 3.82. The molecule has 8 heteroatoms.